The van der Waals surface area contributed by atoms with E-state index in [4.69, 9.17) is 28.4 Å². The summed E-state index contributed by atoms with van der Waals surface area (Å²) in [5.74, 6) is -3.15. The number of aliphatic hydroxyl groups is 2. The molecule has 0 saturated carbocycles. The molecular weight excluding hydrogens is 766 g/mol. The van der Waals surface area contributed by atoms with Gasteiger partial charge in [0.2, 0.25) is 17.7 Å². The van der Waals surface area contributed by atoms with E-state index in [1.807, 2.05) is 13.8 Å². The zero-order valence-corrected chi connectivity index (χ0v) is 37.3. The molecule has 338 valence electrons. The summed E-state index contributed by atoms with van der Waals surface area (Å²) in [4.78, 5) is 62.6. The van der Waals surface area contributed by atoms with Crippen molar-refractivity contribution in [2.24, 2.45) is 59.2 Å². The Morgan fingerprint density at radius 1 is 0.661 bits per heavy atom. The second-order valence-electron chi connectivity index (χ2n) is 18.5. The summed E-state index contributed by atoms with van der Waals surface area (Å²) in [5.41, 5.74) is 0. The van der Waals surface area contributed by atoms with Gasteiger partial charge in [-0.2, -0.15) is 0 Å². The van der Waals surface area contributed by atoms with Crippen LogP contribution in [-0.2, 0) is 52.4 Å². The minimum absolute atomic E-state index is 0.0214. The van der Waals surface area contributed by atoms with Crippen molar-refractivity contribution in [3.05, 3.63) is 0 Å². The number of aliphatic hydroxyl groups excluding tert-OH is 2. The predicted molar refractivity (Wildman–Crippen MR) is 214 cm³/mol. The molecule has 0 bridgehead atoms. The SMILES string of the molecule is CC(C)CC1O[C@@H](OCC2O[C@@H](OCC3O[C@@H](OC(C)C)C(C)[C@@H](C)[C@H]3C)C(CC(=O)NCNC(=O)C(O)C(O)C(=O)N3C(=O)CCC3=O)[C@@H](C)[C@H]2C)C(C)[C@@H](C)[C@H]1C. The minimum Gasteiger partial charge on any atom is -0.380 e. The van der Waals surface area contributed by atoms with Gasteiger partial charge < -0.3 is 49.3 Å². The van der Waals surface area contributed by atoms with E-state index in [1.54, 1.807) is 0 Å². The zero-order chi connectivity index (χ0) is 44.0. The average Bonchev–Trinajstić information content (AvgIpc) is 3.52. The Labute approximate surface area is 350 Å². The highest BCUT2D eigenvalue weighted by Crippen LogP contribution is 2.42. The van der Waals surface area contributed by atoms with Gasteiger partial charge in [0.25, 0.3) is 11.8 Å². The van der Waals surface area contributed by atoms with Crippen LogP contribution in [-0.4, -0.2) is 120 Å². The largest absolute Gasteiger partial charge is 0.380 e. The van der Waals surface area contributed by atoms with Crippen LogP contribution in [0.25, 0.3) is 0 Å². The standard InChI is InChI=1S/C43H73N3O13/c1-20(2)15-31-25(8)22(5)28(11)41(57-31)54-17-33-27(10)24(7)30(43(59-33)55-18-32-26(9)23(6)29(12)42(58-32)56-21(3)4)16-34(47)44-19-45-39(52)37(50)38(51)40(53)46-35(48)13-14-36(46)49/h20-33,37-38,41-43,50-51H,13-19H2,1-12H3,(H,44,47)(H,45,52)/t22-,23-,24-,25+,26+,27+,28?,29?,30?,31?,32?,33?,37?,38?,41+,42+,43+/m0/s1. The highest BCUT2D eigenvalue weighted by Gasteiger charge is 2.47. The second-order valence-corrected chi connectivity index (χ2v) is 18.5. The number of carbonyl (C=O) groups excluding carboxylic acids is 5. The first-order valence-electron chi connectivity index (χ1n) is 21.8. The third-order valence-corrected chi connectivity index (χ3v) is 13.7. The molecule has 4 aliphatic rings. The lowest BCUT2D eigenvalue weighted by atomic mass is 9.76. The summed E-state index contributed by atoms with van der Waals surface area (Å²) >= 11 is 0. The number of hydrogen-bond acceptors (Lipinski definition) is 13. The number of imide groups is 3. The van der Waals surface area contributed by atoms with Crippen LogP contribution in [0.4, 0.5) is 0 Å². The molecule has 17 atom stereocenters. The van der Waals surface area contributed by atoms with Gasteiger partial charge >= 0.3 is 0 Å². The van der Waals surface area contributed by atoms with Gasteiger partial charge in [-0.1, -0.05) is 69.2 Å². The smallest absolute Gasteiger partial charge is 0.268 e. The lowest BCUT2D eigenvalue weighted by Gasteiger charge is -2.47. The molecule has 4 heterocycles. The molecular formula is C43H73N3O13. The number of nitrogens with one attached hydrogen (secondary N) is 2. The molecule has 5 amide bonds. The molecule has 0 aromatic heterocycles. The Kier molecular flexibility index (Phi) is 17.9. The van der Waals surface area contributed by atoms with E-state index in [9.17, 15) is 34.2 Å². The molecule has 59 heavy (non-hydrogen) atoms. The van der Waals surface area contributed by atoms with Crippen molar-refractivity contribution in [1.29, 1.82) is 0 Å². The van der Waals surface area contributed by atoms with Crippen LogP contribution in [0.5, 0.6) is 0 Å². The number of ether oxygens (including phenoxy) is 6. The van der Waals surface area contributed by atoms with E-state index < -0.39 is 73.2 Å². The number of carbonyl (C=O) groups is 5. The maximum Gasteiger partial charge on any atom is 0.268 e. The first kappa shape index (κ1) is 49.1. The van der Waals surface area contributed by atoms with Crippen molar-refractivity contribution < 1.29 is 62.6 Å². The summed E-state index contributed by atoms with van der Waals surface area (Å²) in [6.07, 6.45) is -6.36. The van der Waals surface area contributed by atoms with Gasteiger partial charge in [0.05, 0.1) is 44.3 Å². The van der Waals surface area contributed by atoms with Crippen molar-refractivity contribution in [2.45, 2.75) is 164 Å². The molecule has 0 aromatic carbocycles. The maximum atomic E-state index is 13.4. The van der Waals surface area contributed by atoms with Crippen LogP contribution in [0.1, 0.15) is 109 Å². The van der Waals surface area contributed by atoms with E-state index in [0.717, 1.165) is 6.42 Å². The molecule has 0 spiro atoms. The Morgan fingerprint density at radius 3 is 1.71 bits per heavy atom. The Balaban J connectivity index is 1.42. The predicted octanol–water partition coefficient (Wildman–Crippen LogP) is 3.35. The van der Waals surface area contributed by atoms with Gasteiger partial charge in [-0.25, -0.2) is 4.90 Å². The van der Waals surface area contributed by atoms with Gasteiger partial charge in [-0.05, 0) is 61.7 Å². The number of nitrogens with zero attached hydrogens (tertiary/aromatic N) is 1. The minimum atomic E-state index is -2.36. The number of likely N-dealkylation sites (tertiary alicyclic amines) is 1. The summed E-state index contributed by atoms with van der Waals surface area (Å²) in [7, 11) is 0. The zero-order valence-electron chi connectivity index (χ0n) is 37.3. The molecule has 4 rings (SSSR count). The van der Waals surface area contributed by atoms with Gasteiger partial charge in [0.15, 0.2) is 31.1 Å². The number of rotatable bonds is 17. The molecule has 0 aliphatic carbocycles. The van der Waals surface area contributed by atoms with E-state index in [-0.39, 0.29) is 97.3 Å². The molecule has 0 radical (unpaired) electrons. The van der Waals surface area contributed by atoms with E-state index >= 15 is 0 Å². The van der Waals surface area contributed by atoms with Crippen LogP contribution < -0.4 is 10.6 Å². The Morgan fingerprint density at radius 2 is 1.15 bits per heavy atom. The van der Waals surface area contributed by atoms with Gasteiger partial charge in [-0.3, -0.25) is 24.0 Å². The lowest BCUT2D eigenvalue weighted by Crippen LogP contribution is -2.54. The molecule has 16 heteroatoms. The fraction of sp³-hybridized carbons (Fsp3) is 0.884. The van der Waals surface area contributed by atoms with Gasteiger partial charge in [0.1, 0.15) is 0 Å². The van der Waals surface area contributed by atoms with E-state index in [1.165, 1.54) is 0 Å². The molecule has 4 saturated heterocycles. The first-order valence-corrected chi connectivity index (χ1v) is 21.8. The third kappa shape index (κ3) is 12.1. The summed E-state index contributed by atoms with van der Waals surface area (Å²) < 4.78 is 39.0. The Hall–Kier alpha value is -2.57. The van der Waals surface area contributed by atoms with Crippen molar-refractivity contribution in [3.8, 4) is 0 Å². The van der Waals surface area contributed by atoms with Crippen molar-refractivity contribution in [2.75, 3.05) is 19.9 Å². The molecule has 0 aromatic rings. The summed E-state index contributed by atoms with van der Waals surface area (Å²) in [5, 5.41) is 25.4. The maximum absolute atomic E-state index is 13.4. The van der Waals surface area contributed by atoms with Gasteiger partial charge in [-0.15, -0.1) is 0 Å². The highest BCUT2D eigenvalue weighted by molar-refractivity contribution is 6.16. The molecule has 4 aliphatic heterocycles. The molecule has 8 unspecified atom stereocenters. The summed E-state index contributed by atoms with van der Waals surface area (Å²) in [6.45, 7) is 25.6. The van der Waals surface area contributed by atoms with Crippen molar-refractivity contribution >= 4 is 29.5 Å². The van der Waals surface area contributed by atoms with Crippen LogP contribution in [0, 0.1) is 59.2 Å². The highest BCUT2D eigenvalue weighted by atomic mass is 16.7. The fourth-order valence-corrected chi connectivity index (χ4v) is 8.75. The van der Waals surface area contributed by atoms with Crippen LogP contribution in [0.15, 0.2) is 0 Å². The summed E-state index contributed by atoms with van der Waals surface area (Å²) in [6, 6.07) is 0. The van der Waals surface area contributed by atoms with E-state index in [2.05, 4.69) is 79.9 Å². The molecule has 4 fully saturated rings. The third-order valence-electron chi connectivity index (χ3n) is 13.7. The van der Waals surface area contributed by atoms with Crippen LogP contribution >= 0.6 is 0 Å². The van der Waals surface area contributed by atoms with Crippen LogP contribution in [0.3, 0.4) is 0 Å². The molecule has 4 N–H and O–H groups in total. The van der Waals surface area contributed by atoms with Crippen LogP contribution in [0.2, 0.25) is 0 Å². The van der Waals surface area contributed by atoms with Crippen molar-refractivity contribution in [3.63, 3.8) is 0 Å². The van der Waals surface area contributed by atoms with Gasteiger partial charge in [0, 0.05) is 37.0 Å². The van der Waals surface area contributed by atoms with Crippen molar-refractivity contribution in [1.82, 2.24) is 15.5 Å². The second kappa shape index (κ2) is 21.5. The van der Waals surface area contributed by atoms with E-state index in [0.29, 0.717) is 17.8 Å². The normalized spacial score (nSPS) is 37.8. The number of hydrogen-bond donors (Lipinski definition) is 4. The monoisotopic (exact) mass is 840 g/mol. The number of amides is 5. The Bertz CT molecular complexity index is 1430. The quantitative estimate of drug-likeness (QED) is 0.123. The molecule has 16 nitrogen and oxygen atoms in total. The first-order chi connectivity index (χ1) is 27.6. The fourth-order valence-electron chi connectivity index (χ4n) is 8.75. The average molecular weight is 840 g/mol. The lowest BCUT2D eigenvalue weighted by molar-refractivity contribution is -0.308. The topological polar surface area (TPSA) is 208 Å².